The Bertz CT molecular complexity index is 926. The molecule has 1 aliphatic heterocycles. The van der Waals surface area contributed by atoms with Gasteiger partial charge in [-0.2, -0.15) is 0 Å². The number of aryl methyl sites for hydroxylation is 2. The molecule has 1 heterocycles. The molecule has 0 unspecified atom stereocenters. The number of carbonyl (C=O) groups excluding carboxylic acids is 1. The van der Waals surface area contributed by atoms with Crippen LogP contribution >= 0.6 is 0 Å². The molecule has 2 aromatic carbocycles. The Morgan fingerprint density at radius 3 is 2.44 bits per heavy atom. The van der Waals surface area contributed by atoms with Crippen molar-refractivity contribution in [3.63, 3.8) is 0 Å². The van der Waals surface area contributed by atoms with Gasteiger partial charge in [-0.1, -0.05) is 12.1 Å². The van der Waals surface area contributed by atoms with Crippen LogP contribution in [0.5, 0.6) is 11.5 Å². The molecular formula is C25H35N3O4. The standard InChI is InChI=1S/C25H35N3O4/c1-6-31-23-16-22(28-10-12-30-13-11-28)24(32-7-2)15-20(23)26-25(29)17-27(5)21-14-18(3)8-9-19(21)4/h8-9,14-16H,6-7,10-13,17H2,1-5H3,(H,26,29). The first-order valence-corrected chi connectivity index (χ1v) is 11.3. The Kier molecular flexibility index (Phi) is 8.22. The number of benzene rings is 2. The Balaban J connectivity index is 1.82. The zero-order valence-electron chi connectivity index (χ0n) is 19.9. The highest BCUT2D eigenvalue weighted by atomic mass is 16.5. The third kappa shape index (κ3) is 5.85. The molecule has 32 heavy (non-hydrogen) atoms. The topological polar surface area (TPSA) is 63.3 Å². The first-order chi connectivity index (χ1) is 15.4. The number of hydrogen-bond acceptors (Lipinski definition) is 6. The van der Waals surface area contributed by atoms with E-state index in [1.165, 1.54) is 0 Å². The van der Waals surface area contributed by atoms with E-state index in [-0.39, 0.29) is 12.5 Å². The number of likely N-dealkylation sites (N-methyl/N-ethyl adjacent to an activating group) is 1. The molecule has 0 spiro atoms. The van der Waals surface area contributed by atoms with Crippen LogP contribution in [0.2, 0.25) is 0 Å². The average molecular weight is 442 g/mol. The van der Waals surface area contributed by atoms with Gasteiger partial charge >= 0.3 is 0 Å². The van der Waals surface area contributed by atoms with E-state index in [0.29, 0.717) is 37.9 Å². The fourth-order valence-corrected chi connectivity index (χ4v) is 3.87. The van der Waals surface area contributed by atoms with Crippen LogP contribution < -0.4 is 24.6 Å². The van der Waals surface area contributed by atoms with Crippen molar-refractivity contribution in [2.24, 2.45) is 0 Å². The van der Waals surface area contributed by atoms with Crippen LogP contribution in [0.15, 0.2) is 30.3 Å². The molecule has 2 aromatic rings. The molecule has 1 aliphatic rings. The fourth-order valence-electron chi connectivity index (χ4n) is 3.87. The summed E-state index contributed by atoms with van der Waals surface area (Å²) in [5, 5.41) is 3.03. The molecule has 3 rings (SSSR count). The monoisotopic (exact) mass is 441 g/mol. The summed E-state index contributed by atoms with van der Waals surface area (Å²) in [5.74, 6) is 1.26. The highest BCUT2D eigenvalue weighted by Crippen LogP contribution is 2.39. The van der Waals surface area contributed by atoms with Crippen molar-refractivity contribution in [2.45, 2.75) is 27.7 Å². The van der Waals surface area contributed by atoms with Gasteiger partial charge in [-0.3, -0.25) is 4.79 Å². The molecular weight excluding hydrogens is 406 g/mol. The van der Waals surface area contributed by atoms with Crippen LogP contribution in [0.1, 0.15) is 25.0 Å². The van der Waals surface area contributed by atoms with Gasteiger partial charge in [0.25, 0.3) is 0 Å². The molecule has 0 bridgehead atoms. The Morgan fingerprint density at radius 2 is 1.75 bits per heavy atom. The maximum absolute atomic E-state index is 12.9. The van der Waals surface area contributed by atoms with Crippen molar-refractivity contribution in [1.82, 2.24) is 0 Å². The van der Waals surface area contributed by atoms with Crippen LogP contribution in [0.4, 0.5) is 17.1 Å². The third-order valence-corrected chi connectivity index (χ3v) is 5.44. The fraction of sp³-hybridized carbons (Fsp3) is 0.480. The maximum Gasteiger partial charge on any atom is 0.243 e. The third-order valence-electron chi connectivity index (χ3n) is 5.44. The molecule has 7 heteroatoms. The van der Waals surface area contributed by atoms with Crippen molar-refractivity contribution < 1.29 is 19.0 Å². The largest absolute Gasteiger partial charge is 0.492 e. The summed E-state index contributed by atoms with van der Waals surface area (Å²) in [5.41, 5.74) is 4.92. The summed E-state index contributed by atoms with van der Waals surface area (Å²) in [6.07, 6.45) is 0. The summed E-state index contributed by atoms with van der Waals surface area (Å²) in [7, 11) is 1.93. The van der Waals surface area contributed by atoms with Crippen molar-refractivity contribution in [3.05, 3.63) is 41.5 Å². The summed E-state index contributed by atoms with van der Waals surface area (Å²) in [4.78, 5) is 17.1. The second-order valence-electron chi connectivity index (χ2n) is 7.98. The molecule has 1 N–H and O–H groups in total. The molecule has 0 radical (unpaired) electrons. The molecule has 1 amide bonds. The summed E-state index contributed by atoms with van der Waals surface area (Å²) in [6, 6.07) is 10.1. The molecule has 0 aliphatic carbocycles. The van der Waals surface area contributed by atoms with Gasteiger partial charge in [0.15, 0.2) is 0 Å². The van der Waals surface area contributed by atoms with E-state index in [9.17, 15) is 4.79 Å². The van der Waals surface area contributed by atoms with Crippen LogP contribution in [0, 0.1) is 13.8 Å². The summed E-state index contributed by atoms with van der Waals surface area (Å²) < 4.78 is 17.3. The lowest BCUT2D eigenvalue weighted by molar-refractivity contribution is -0.114. The first kappa shape index (κ1) is 23.7. The summed E-state index contributed by atoms with van der Waals surface area (Å²) in [6.45, 7) is 12.2. The lowest BCUT2D eigenvalue weighted by Gasteiger charge is -2.31. The predicted molar refractivity (Wildman–Crippen MR) is 130 cm³/mol. The molecule has 0 saturated carbocycles. The lowest BCUT2D eigenvalue weighted by Crippen LogP contribution is -2.36. The van der Waals surface area contributed by atoms with E-state index < -0.39 is 0 Å². The maximum atomic E-state index is 12.9. The van der Waals surface area contributed by atoms with Crippen LogP contribution in [0.3, 0.4) is 0 Å². The minimum absolute atomic E-state index is 0.115. The number of anilines is 3. The van der Waals surface area contributed by atoms with E-state index >= 15 is 0 Å². The van der Waals surface area contributed by atoms with Gasteiger partial charge in [0.05, 0.1) is 44.3 Å². The van der Waals surface area contributed by atoms with E-state index in [4.69, 9.17) is 14.2 Å². The molecule has 1 fully saturated rings. The molecule has 7 nitrogen and oxygen atoms in total. The number of rotatable bonds is 9. The number of hydrogen-bond donors (Lipinski definition) is 1. The number of nitrogens with zero attached hydrogens (tertiary/aromatic N) is 2. The van der Waals surface area contributed by atoms with Crippen LogP contribution in [-0.2, 0) is 9.53 Å². The van der Waals surface area contributed by atoms with Crippen LogP contribution in [-0.4, -0.2) is 59.0 Å². The van der Waals surface area contributed by atoms with E-state index in [1.54, 1.807) is 0 Å². The average Bonchev–Trinajstić information content (AvgIpc) is 2.77. The van der Waals surface area contributed by atoms with Gasteiger partial charge in [0.2, 0.25) is 5.91 Å². The first-order valence-electron chi connectivity index (χ1n) is 11.3. The van der Waals surface area contributed by atoms with Gasteiger partial charge in [-0.05, 0) is 44.9 Å². The minimum atomic E-state index is -0.115. The van der Waals surface area contributed by atoms with Crippen molar-refractivity contribution in [2.75, 3.05) is 68.2 Å². The van der Waals surface area contributed by atoms with Gasteiger partial charge in [0.1, 0.15) is 11.5 Å². The quantitative estimate of drug-likeness (QED) is 0.634. The SMILES string of the molecule is CCOc1cc(N2CCOCC2)c(OCC)cc1NC(=O)CN(C)c1cc(C)ccc1C. The number of ether oxygens (including phenoxy) is 3. The zero-order chi connectivity index (χ0) is 23.1. The number of carbonyl (C=O) groups is 1. The Morgan fingerprint density at radius 1 is 1.06 bits per heavy atom. The Hall–Kier alpha value is -2.93. The molecule has 0 atom stereocenters. The molecule has 1 saturated heterocycles. The highest BCUT2D eigenvalue weighted by Gasteiger charge is 2.21. The van der Waals surface area contributed by atoms with Crippen molar-refractivity contribution in [3.8, 4) is 11.5 Å². The molecule has 0 aromatic heterocycles. The Labute approximate surface area is 191 Å². The van der Waals surface area contributed by atoms with Gasteiger partial charge in [-0.15, -0.1) is 0 Å². The number of amides is 1. The lowest BCUT2D eigenvalue weighted by atomic mass is 10.1. The van der Waals surface area contributed by atoms with E-state index in [2.05, 4.69) is 42.3 Å². The second kappa shape index (κ2) is 11.1. The van der Waals surface area contributed by atoms with E-state index in [0.717, 1.165) is 41.3 Å². The van der Waals surface area contributed by atoms with Gasteiger partial charge < -0.3 is 29.3 Å². The van der Waals surface area contributed by atoms with Crippen LogP contribution in [0.25, 0.3) is 0 Å². The normalized spacial score (nSPS) is 13.6. The number of morpholine rings is 1. The van der Waals surface area contributed by atoms with Crippen molar-refractivity contribution >= 4 is 23.0 Å². The smallest absolute Gasteiger partial charge is 0.243 e. The second-order valence-corrected chi connectivity index (χ2v) is 7.98. The highest BCUT2D eigenvalue weighted by molar-refractivity contribution is 5.96. The number of nitrogens with one attached hydrogen (secondary N) is 1. The minimum Gasteiger partial charge on any atom is -0.492 e. The van der Waals surface area contributed by atoms with Crippen molar-refractivity contribution in [1.29, 1.82) is 0 Å². The predicted octanol–water partition coefficient (Wildman–Crippen LogP) is 4.01. The summed E-state index contributed by atoms with van der Waals surface area (Å²) >= 11 is 0. The zero-order valence-corrected chi connectivity index (χ0v) is 19.9. The molecule has 174 valence electrons. The van der Waals surface area contributed by atoms with E-state index in [1.807, 2.05) is 37.9 Å². The van der Waals surface area contributed by atoms with Gasteiger partial charge in [-0.25, -0.2) is 0 Å². The van der Waals surface area contributed by atoms with Gasteiger partial charge in [0, 0.05) is 38.0 Å².